The number of hydrogen-bond acceptors (Lipinski definition) is 3. The summed E-state index contributed by atoms with van der Waals surface area (Å²) in [6, 6.07) is 0. The number of likely N-dealkylation sites (N-methyl/N-ethyl adjacent to an activating group) is 1. The summed E-state index contributed by atoms with van der Waals surface area (Å²) in [6.45, 7) is 0. The van der Waals surface area contributed by atoms with Crippen LogP contribution >= 0.6 is 0 Å². The van der Waals surface area contributed by atoms with Gasteiger partial charge in [-0.25, -0.2) is 0 Å². The number of aliphatic hydroxyl groups is 1. The number of ether oxygens (including phenoxy) is 1. The molecule has 1 unspecified atom stereocenters. The third-order valence-electron chi connectivity index (χ3n) is 2.69. The zero-order valence-corrected chi connectivity index (χ0v) is 7.26. The number of rotatable bonds is 3. The van der Waals surface area contributed by atoms with Crippen LogP contribution in [-0.2, 0) is 4.74 Å². The molecule has 1 aliphatic carbocycles. The first kappa shape index (κ1) is 8.97. The van der Waals surface area contributed by atoms with Crippen LogP contribution in [0.25, 0.3) is 0 Å². The van der Waals surface area contributed by atoms with Crippen LogP contribution in [0.1, 0.15) is 25.7 Å². The Kier molecular flexibility index (Phi) is 2.87. The minimum Gasteiger partial charge on any atom is -0.366 e. The Hall–Kier alpha value is -0.120. The lowest BCUT2D eigenvalue weighted by Gasteiger charge is -2.32. The van der Waals surface area contributed by atoms with Crippen molar-refractivity contribution < 1.29 is 9.84 Å². The third-order valence-corrected chi connectivity index (χ3v) is 2.69. The zero-order valence-electron chi connectivity index (χ0n) is 7.26. The van der Waals surface area contributed by atoms with E-state index in [1.54, 1.807) is 7.11 Å². The van der Waals surface area contributed by atoms with Gasteiger partial charge in [0.25, 0.3) is 0 Å². The fourth-order valence-corrected chi connectivity index (χ4v) is 1.85. The second-order valence-electron chi connectivity index (χ2n) is 3.20. The van der Waals surface area contributed by atoms with Gasteiger partial charge < -0.3 is 15.2 Å². The highest BCUT2D eigenvalue weighted by atomic mass is 16.6. The fourth-order valence-electron chi connectivity index (χ4n) is 1.85. The molecule has 1 saturated carbocycles. The summed E-state index contributed by atoms with van der Waals surface area (Å²) >= 11 is 0. The lowest BCUT2D eigenvalue weighted by molar-refractivity contribution is -0.130. The minimum atomic E-state index is -0.657. The van der Waals surface area contributed by atoms with Gasteiger partial charge in [-0.15, -0.1) is 0 Å². The molecule has 0 aromatic heterocycles. The second-order valence-corrected chi connectivity index (χ2v) is 3.20. The molecule has 3 nitrogen and oxygen atoms in total. The van der Waals surface area contributed by atoms with Gasteiger partial charge in [0.05, 0.1) is 5.54 Å². The Morgan fingerprint density at radius 3 is 2.36 bits per heavy atom. The van der Waals surface area contributed by atoms with E-state index in [2.05, 4.69) is 5.32 Å². The third kappa shape index (κ3) is 1.55. The van der Waals surface area contributed by atoms with Crippen molar-refractivity contribution >= 4 is 0 Å². The van der Waals surface area contributed by atoms with E-state index in [1.807, 2.05) is 7.05 Å². The number of aliphatic hydroxyl groups excluding tert-OH is 1. The van der Waals surface area contributed by atoms with E-state index < -0.39 is 6.29 Å². The van der Waals surface area contributed by atoms with E-state index in [4.69, 9.17) is 4.74 Å². The second kappa shape index (κ2) is 3.52. The summed E-state index contributed by atoms with van der Waals surface area (Å²) in [6.07, 6.45) is 3.73. The van der Waals surface area contributed by atoms with Gasteiger partial charge in [0, 0.05) is 7.11 Å². The van der Waals surface area contributed by atoms with Crippen LogP contribution in [0.4, 0.5) is 0 Å². The van der Waals surface area contributed by atoms with Crippen LogP contribution in [-0.4, -0.2) is 31.1 Å². The topological polar surface area (TPSA) is 41.5 Å². The molecule has 0 bridgehead atoms. The van der Waals surface area contributed by atoms with Crippen molar-refractivity contribution in [3.63, 3.8) is 0 Å². The molecular formula is C8H17NO2. The Morgan fingerprint density at radius 1 is 1.45 bits per heavy atom. The normalized spacial score (nSPS) is 25.4. The molecule has 66 valence electrons. The van der Waals surface area contributed by atoms with Gasteiger partial charge in [-0.2, -0.15) is 0 Å². The van der Waals surface area contributed by atoms with Gasteiger partial charge in [-0.05, 0) is 19.9 Å². The van der Waals surface area contributed by atoms with Gasteiger partial charge in [-0.3, -0.25) is 0 Å². The molecule has 1 rings (SSSR count). The van der Waals surface area contributed by atoms with Gasteiger partial charge >= 0.3 is 0 Å². The monoisotopic (exact) mass is 159 g/mol. The maximum absolute atomic E-state index is 9.52. The molecular weight excluding hydrogens is 142 g/mol. The fraction of sp³-hybridized carbons (Fsp3) is 1.00. The predicted octanol–water partition coefficient (Wildman–Crippen LogP) is 0.483. The first-order valence-corrected chi connectivity index (χ1v) is 4.15. The average Bonchev–Trinajstić information content (AvgIpc) is 2.52. The largest absolute Gasteiger partial charge is 0.366 e. The summed E-state index contributed by atoms with van der Waals surface area (Å²) in [5.74, 6) is 0. The average molecular weight is 159 g/mol. The van der Waals surface area contributed by atoms with E-state index in [1.165, 1.54) is 12.8 Å². The molecule has 1 atom stereocenters. The van der Waals surface area contributed by atoms with E-state index in [0.717, 1.165) is 12.8 Å². The lowest BCUT2D eigenvalue weighted by Crippen LogP contribution is -2.51. The Morgan fingerprint density at radius 2 is 2.00 bits per heavy atom. The molecule has 0 saturated heterocycles. The molecule has 1 fully saturated rings. The van der Waals surface area contributed by atoms with Crippen molar-refractivity contribution in [2.75, 3.05) is 14.2 Å². The van der Waals surface area contributed by atoms with Gasteiger partial charge in [0.2, 0.25) is 0 Å². The van der Waals surface area contributed by atoms with Crippen molar-refractivity contribution in [2.24, 2.45) is 0 Å². The lowest BCUT2D eigenvalue weighted by atomic mass is 9.97. The first-order chi connectivity index (χ1) is 5.25. The van der Waals surface area contributed by atoms with E-state index in [9.17, 15) is 5.11 Å². The quantitative estimate of drug-likeness (QED) is 0.589. The molecule has 1 aliphatic rings. The standard InChI is InChI=1S/C8H17NO2/c1-9-8(7(10)11-2)5-3-4-6-8/h7,9-10H,3-6H2,1-2H3. The van der Waals surface area contributed by atoms with Crippen LogP contribution in [0.3, 0.4) is 0 Å². The molecule has 0 spiro atoms. The summed E-state index contributed by atoms with van der Waals surface area (Å²) in [5, 5.41) is 12.7. The first-order valence-electron chi connectivity index (χ1n) is 4.15. The van der Waals surface area contributed by atoms with Crippen LogP contribution in [0.2, 0.25) is 0 Å². The molecule has 0 heterocycles. The van der Waals surface area contributed by atoms with E-state index >= 15 is 0 Å². The number of nitrogens with one attached hydrogen (secondary N) is 1. The van der Waals surface area contributed by atoms with Gasteiger partial charge in [0.15, 0.2) is 6.29 Å². The van der Waals surface area contributed by atoms with Gasteiger partial charge in [0.1, 0.15) is 0 Å². The van der Waals surface area contributed by atoms with Crippen LogP contribution in [0.15, 0.2) is 0 Å². The molecule has 0 aromatic rings. The highest BCUT2D eigenvalue weighted by molar-refractivity contribution is 4.93. The highest BCUT2D eigenvalue weighted by Crippen LogP contribution is 2.32. The van der Waals surface area contributed by atoms with Crippen molar-refractivity contribution in [2.45, 2.75) is 37.5 Å². The van der Waals surface area contributed by atoms with E-state index in [0.29, 0.717) is 0 Å². The Balaban J connectivity index is 2.58. The van der Waals surface area contributed by atoms with Crippen molar-refractivity contribution in [1.29, 1.82) is 0 Å². The smallest absolute Gasteiger partial charge is 0.172 e. The molecule has 0 aliphatic heterocycles. The molecule has 2 N–H and O–H groups in total. The minimum absolute atomic E-state index is 0.172. The maximum atomic E-state index is 9.52. The maximum Gasteiger partial charge on any atom is 0.172 e. The molecule has 11 heavy (non-hydrogen) atoms. The number of hydrogen-bond donors (Lipinski definition) is 2. The van der Waals surface area contributed by atoms with Crippen LogP contribution in [0.5, 0.6) is 0 Å². The SMILES string of the molecule is CNC1(C(O)OC)CCCC1. The van der Waals surface area contributed by atoms with Crippen molar-refractivity contribution in [3.8, 4) is 0 Å². The van der Waals surface area contributed by atoms with Crippen molar-refractivity contribution in [1.82, 2.24) is 5.32 Å². The van der Waals surface area contributed by atoms with Crippen LogP contribution in [0, 0.1) is 0 Å². The molecule has 0 amide bonds. The summed E-state index contributed by atoms with van der Waals surface area (Å²) in [4.78, 5) is 0. The van der Waals surface area contributed by atoms with Gasteiger partial charge in [-0.1, -0.05) is 12.8 Å². The van der Waals surface area contributed by atoms with Crippen molar-refractivity contribution in [3.05, 3.63) is 0 Å². The number of methoxy groups -OCH3 is 1. The Labute approximate surface area is 67.7 Å². The Bertz CT molecular complexity index is 121. The van der Waals surface area contributed by atoms with E-state index in [-0.39, 0.29) is 5.54 Å². The summed E-state index contributed by atoms with van der Waals surface area (Å²) in [5.41, 5.74) is -0.172. The van der Waals surface area contributed by atoms with Crippen LogP contribution < -0.4 is 5.32 Å². The highest BCUT2D eigenvalue weighted by Gasteiger charge is 2.39. The molecule has 0 radical (unpaired) electrons. The summed E-state index contributed by atoms with van der Waals surface area (Å²) in [7, 11) is 3.43. The summed E-state index contributed by atoms with van der Waals surface area (Å²) < 4.78 is 4.92. The predicted molar refractivity (Wildman–Crippen MR) is 43.3 cm³/mol. The zero-order chi connectivity index (χ0) is 8.32. The molecule has 0 aromatic carbocycles. The molecule has 3 heteroatoms.